The maximum Gasteiger partial charge on any atom is 0.164 e. The Hall–Kier alpha value is -1.85. The summed E-state index contributed by atoms with van der Waals surface area (Å²) in [6.45, 7) is -0.410. The number of ether oxygens (including phenoxy) is 1. The summed E-state index contributed by atoms with van der Waals surface area (Å²) in [6.07, 6.45) is -1.28. The maximum atomic E-state index is 10.2. The number of anilines is 1. The van der Waals surface area contributed by atoms with Crippen molar-refractivity contribution in [1.82, 2.24) is 14.5 Å². The van der Waals surface area contributed by atoms with Crippen LogP contribution in [0.1, 0.15) is 11.8 Å². The largest absolute Gasteiger partial charge is 0.394 e. The highest BCUT2D eigenvalue weighted by molar-refractivity contribution is 7.80. The van der Waals surface area contributed by atoms with Crippen molar-refractivity contribution in [3.8, 4) is 0 Å². The Bertz CT molecular complexity index is 751. The lowest BCUT2D eigenvalue weighted by Gasteiger charge is -2.17. The summed E-state index contributed by atoms with van der Waals surface area (Å²) in [5, 5.41) is 32.9. The Morgan fingerprint density at radius 2 is 2.17 bits per heavy atom. The van der Waals surface area contributed by atoms with Crippen molar-refractivity contribution in [2.75, 3.05) is 19.0 Å². The maximum absolute atomic E-state index is 10.2. The van der Waals surface area contributed by atoms with E-state index in [4.69, 9.17) is 22.7 Å². The topological polar surface area (TPSA) is 139 Å². The first kappa shape index (κ1) is 16.0. The molecule has 0 unspecified atom stereocenters. The molecule has 0 spiro atoms. The number of hydrogen-bond acceptors (Lipinski definition) is 8. The summed E-state index contributed by atoms with van der Waals surface area (Å²) in [5.41, 5.74) is 6.74. The number of nitrogens with one attached hydrogen (secondary N) is 1. The fraction of sp³-hybridized carbons (Fsp3) is 0.462. The molecule has 2 aromatic rings. The molecule has 0 radical (unpaired) electrons. The molecule has 6 N–H and O–H groups in total. The number of nitrogens with zero attached hydrogens (tertiary/aromatic N) is 3. The van der Waals surface area contributed by atoms with E-state index in [1.54, 1.807) is 13.2 Å². The lowest BCUT2D eigenvalue weighted by Crippen LogP contribution is -2.33. The van der Waals surface area contributed by atoms with E-state index in [9.17, 15) is 15.3 Å². The SMILES string of the molecule is CNc1ncnc2c1c(C(N)=S)cn2[C@@H]1O[C@@H](CO)[C@@H](O)[C@@H]1O. The van der Waals surface area contributed by atoms with Crippen molar-refractivity contribution in [2.45, 2.75) is 24.5 Å². The van der Waals surface area contributed by atoms with E-state index in [0.717, 1.165) is 0 Å². The van der Waals surface area contributed by atoms with Crippen LogP contribution in [0.5, 0.6) is 0 Å². The molecule has 2 aromatic heterocycles. The van der Waals surface area contributed by atoms with Crippen molar-refractivity contribution < 1.29 is 20.1 Å². The molecule has 23 heavy (non-hydrogen) atoms. The molecule has 0 aliphatic carbocycles. The van der Waals surface area contributed by atoms with E-state index < -0.39 is 31.1 Å². The van der Waals surface area contributed by atoms with E-state index in [-0.39, 0.29) is 4.99 Å². The van der Waals surface area contributed by atoms with Crippen LogP contribution >= 0.6 is 12.2 Å². The highest BCUT2D eigenvalue weighted by Gasteiger charge is 2.44. The lowest BCUT2D eigenvalue weighted by atomic mass is 10.1. The number of hydrogen-bond donors (Lipinski definition) is 5. The Morgan fingerprint density at radius 3 is 2.74 bits per heavy atom. The first-order valence-electron chi connectivity index (χ1n) is 6.95. The monoisotopic (exact) mass is 339 g/mol. The minimum Gasteiger partial charge on any atom is -0.394 e. The summed E-state index contributed by atoms with van der Waals surface area (Å²) in [5.74, 6) is 0.531. The van der Waals surface area contributed by atoms with Gasteiger partial charge in [-0.3, -0.25) is 0 Å². The van der Waals surface area contributed by atoms with Crippen LogP contribution < -0.4 is 11.1 Å². The van der Waals surface area contributed by atoms with Crippen LogP contribution in [0.2, 0.25) is 0 Å². The lowest BCUT2D eigenvalue weighted by molar-refractivity contribution is -0.0508. The van der Waals surface area contributed by atoms with Gasteiger partial charge in [-0.15, -0.1) is 0 Å². The van der Waals surface area contributed by atoms with Gasteiger partial charge in [0.1, 0.15) is 41.1 Å². The third kappa shape index (κ3) is 2.44. The second-order valence-corrected chi connectivity index (χ2v) is 5.65. The zero-order chi connectivity index (χ0) is 16.7. The van der Waals surface area contributed by atoms with Crippen LogP contribution in [0.15, 0.2) is 12.5 Å². The summed E-state index contributed by atoms with van der Waals surface area (Å²) >= 11 is 5.07. The van der Waals surface area contributed by atoms with Crippen molar-refractivity contribution in [3.63, 3.8) is 0 Å². The molecule has 0 bridgehead atoms. The fourth-order valence-electron chi connectivity index (χ4n) is 2.77. The first-order chi connectivity index (χ1) is 11.0. The minimum absolute atomic E-state index is 0.145. The molecule has 4 atom stereocenters. The average molecular weight is 339 g/mol. The molecule has 3 heterocycles. The molecule has 0 aromatic carbocycles. The first-order valence-corrected chi connectivity index (χ1v) is 7.36. The second-order valence-electron chi connectivity index (χ2n) is 5.21. The van der Waals surface area contributed by atoms with Crippen LogP contribution in [-0.4, -0.2) is 66.8 Å². The van der Waals surface area contributed by atoms with Crippen molar-refractivity contribution in [2.24, 2.45) is 5.73 Å². The second kappa shape index (κ2) is 5.98. The molecule has 3 rings (SSSR count). The Labute approximate surface area is 136 Å². The van der Waals surface area contributed by atoms with Gasteiger partial charge in [0.05, 0.1) is 12.0 Å². The molecule has 1 fully saturated rings. The number of nitrogens with two attached hydrogens (primary N) is 1. The standard InChI is InChI=1S/C13H17N5O4S/c1-15-11-7-5(10(14)23)2-18(12(7)17-4-16-11)13-9(21)8(20)6(3-19)22-13/h2,4,6,8-9,13,19-21H,3H2,1H3,(H2,14,23)(H,15,16,17)/t6-,8+,9-,13+/m0/s1. The van der Waals surface area contributed by atoms with Gasteiger partial charge >= 0.3 is 0 Å². The number of fused-ring (bicyclic) bond motifs is 1. The Balaban J connectivity index is 2.18. The highest BCUT2D eigenvalue weighted by atomic mass is 32.1. The van der Waals surface area contributed by atoms with Gasteiger partial charge < -0.3 is 35.7 Å². The van der Waals surface area contributed by atoms with Gasteiger partial charge in [-0.1, -0.05) is 12.2 Å². The zero-order valence-electron chi connectivity index (χ0n) is 12.2. The molecule has 1 aliphatic heterocycles. The molecule has 10 heteroatoms. The van der Waals surface area contributed by atoms with Crippen molar-refractivity contribution in [1.29, 1.82) is 0 Å². The molecule has 0 amide bonds. The molecule has 0 saturated carbocycles. The van der Waals surface area contributed by atoms with E-state index in [0.29, 0.717) is 22.4 Å². The molecular formula is C13H17N5O4S. The smallest absolute Gasteiger partial charge is 0.164 e. The van der Waals surface area contributed by atoms with Gasteiger partial charge in [0.25, 0.3) is 0 Å². The van der Waals surface area contributed by atoms with E-state index in [1.807, 2.05) is 0 Å². The van der Waals surface area contributed by atoms with Crippen LogP contribution in [0.25, 0.3) is 11.0 Å². The van der Waals surface area contributed by atoms with Gasteiger partial charge in [0.15, 0.2) is 6.23 Å². The normalized spacial score (nSPS) is 27.5. The Morgan fingerprint density at radius 1 is 1.43 bits per heavy atom. The Kier molecular flexibility index (Phi) is 4.17. The molecule has 1 saturated heterocycles. The summed E-state index contributed by atoms with van der Waals surface area (Å²) in [4.78, 5) is 8.48. The average Bonchev–Trinajstić information content (AvgIpc) is 3.06. The fourth-order valence-corrected chi connectivity index (χ4v) is 2.92. The van der Waals surface area contributed by atoms with Crippen LogP contribution in [0.3, 0.4) is 0 Å². The van der Waals surface area contributed by atoms with Gasteiger partial charge in [-0.05, 0) is 0 Å². The number of rotatable bonds is 4. The van der Waals surface area contributed by atoms with E-state index in [1.165, 1.54) is 10.9 Å². The van der Waals surface area contributed by atoms with Crippen LogP contribution in [-0.2, 0) is 4.74 Å². The molecule has 9 nitrogen and oxygen atoms in total. The van der Waals surface area contributed by atoms with E-state index in [2.05, 4.69) is 15.3 Å². The predicted octanol–water partition coefficient (Wildman–Crippen LogP) is -1.28. The number of aliphatic hydroxyl groups excluding tert-OH is 3. The third-order valence-electron chi connectivity index (χ3n) is 3.90. The number of aliphatic hydroxyl groups is 3. The van der Waals surface area contributed by atoms with Gasteiger partial charge in [0.2, 0.25) is 0 Å². The zero-order valence-corrected chi connectivity index (χ0v) is 13.1. The summed E-state index contributed by atoms with van der Waals surface area (Å²) in [7, 11) is 1.70. The predicted molar refractivity (Wildman–Crippen MR) is 86.0 cm³/mol. The van der Waals surface area contributed by atoms with E-state index >= 15 is 0 Å². The van der Waals surface area contributed by atoms with Crippen LogP contribution in [0.4, 0.5) is 5.82 Å². The molecular weight excluding hydrogens is 322 g/mol. The molecule has 1 aliphatic rings. The minimum atomic E-state index is -1.23. The van der Waals surface area contributed by atoms with Crippen LogP contribution in [0, 0.1) is 0 Å². The van der Waals surface area contributed by atoms with Crippen molar-refractivity contribution >= 4 is 34.1 Å². The van der Waals surface area contributed by atoms with Gasteiger partial charge in [-0.25, -0.2) is 9.97 Å². The van der Waals surface area contributed by atoms with Gasteiger partial charge in [-0.2, -0.15) is 0 Å². The summed E-state index contributed by atoms with van der Waals surface area (Å²) < 4.78 is 7.08. The number of aromatic nitrogens is 3. The summed E-state index contributed by atoms with van der Waals surface area (Å²) in [6, 6.07) is 0. The highest BCUT2D eigenvalue weighted by Crippen LogP contribution is 2.34. The quantitative estimate of drug-likeness (QED) is 0.431. The third-order valence-corrected chi connectivity index (χ3v) is 4.12. The number of thiocarbonyl (C=S) groups is 1. The van der Waals surface area contributed by atoms with Crippen molar-refractivity contribution in [3.05, 3.63) is 18.1 Å². The van der Waals surface area contributed by atoms with Gasteiger partial charge in [0, 0.05) is 18.8 Å². The molecule has 124 valence electrons.